The molecule has 0 heterocycles. The molecule has 0 amide bonds. The Bertz CT molecular complexity index is 1940. The molecule has 2 unspecified atom stereocenters. The van der Waals surface area contributed by atoms with Gasteiger partial charge in [0.15, 0.2) is 12.2 Å². The SMILES string of the molecule is C=CC(=O)OCC(COCCOc1ccc(C2(c3ccc(OCCOCC(COC(=O)C=C)OC(=O)C=C)cc3)C3=CCCC=C3c3ccccc32)cc1)OC(=O)C=C. The van der Waals surface area contributed by atoms with Gasteiger partial charge in [-0.1, -0.05) is 87.0 Å². The van der Waals surface area contributed by atoms with Gasteiger partial charge in [0.05, 0.1) is 31.8 Å². The minimum atomic E-state index is -0.819. The van der Waals surface area contributed by atoms with Crippen molar-refractivity contribution in [2.24, 2.45) is 0 Å². The van der Waals surface area contributed by atoms with E-state index in [1.807, 2.05) is 24.3 Å². The van der Waals surface area contributed by atoms with Crippen molar-refractivity contribution in [3.8, 4) is 11.5 Å². The maximum Gasteiger partial charge on any atom is 0.330 e. The minimum Gasteiger partial charge on any atom is -0.491 e. The van der Waals surface area contributed by atoms with Crippen LogP contribution in [0, 0.1) is 0 Å². The predicted molar refractivity (Wildman–Crippen MR) is 220 cm³/mol. The fourth-order valence-corrected chi connectivity index (χ4v) is 6.86. The Hall–Kier alpha value is -6.50. The molecule has 0 spiro atoms. The summed E-state index contributed by atoms with van der Waals surface area (Å²) in [6, 6.07) is 24.6. The highest BCUT2D eigenvalue weighted by molar-refractivity contribution is 5.94. The van der Waals surface area contributed by atoms with Crippen molar-refractivity contribution in [1.82, 2.24) is 0 Å². The molecule has 59 heavy (non-hydrogen) atoms. The average Bonchev–Trinajstić information content (AvgIpc) is 3.57. The summed E-state index contributed by atoms with van der Waals surface area (Å²) >= 11 is 0. The monoisotopic (exact) mass is 804 g/mol. The number of allylic oxidation sites excluding steroid dienone is 4. The molecule has 12 heteroatoms. The van der Waals surface area contributed by atoms with E-state index in [9.17, 15) is 19.2 Å². The van der Waals surface area contributed by atoms with Crippen LogP contribution in [-0.2, 0) is 53.0 Å². The third-order valence-corrected chi connectivity index (χ3v) is 9.41. The van der Waals surface area contributed by atoms with E-state index >= 15 is 0 Å². The van der Waals surface area contributed by atoms with E-state index < -0.39 is 41.5 Å². The smallest absolute Gasteiger partial charge is 0.330 e. The number of carbonyl (C=O) groups excluding carboxylic acids is 4. The van der Waals surface area contributed by atoms with Crippen LogP contribution in [0.1, 0.15) is 35.1 Å². The first-order valence-corrected chi connectivity index (χ1v) is 19.1. The van der Waals surface area contributed by atoms with Gasteiger partial charge in [-0.15, -0.1) is 0 Å². The Morgan fingerprint density at radius 1 is 0.559 bits per heavy atom. The average molecular weight is 805 g/mol. The summed E-state index contributed by atoms with van der Waals surface area (Å²) in [5.41, 5.74) is 6.36. The van der Waals surface area contributed by atoms with Gasteiger partial charge < -0.3 is 37.9 Å². The molecule has 0 aromatic heterocycles. The van der Waals surface area contributed by atoms with Gasteiger partial charge in [-0.2, -0.15) is 0 Å². The fourth-order valence-electron chi connectivity index (χ4n) is 6.86. The number of carbonyl (C=O) groups is 4. The zero-order valence-corrected chi connectivity index (χ0v) is 32.8. The maximum atomic E-state index is 11.7. The summed E-state index contributed by atoms with van der Waals surface area (Å²) in [6.07, 6.45) is 9.01. The van der Waals surface area contributed by atoms with Crippen LogP contribution in [0.3, 0.4) is 0 Å². The topological polar surface area (TPSA) is 142 Å². The van der Waals surface area contributed by atoms with Crippen LogP contribution in [0.15, 0.2) is 141 Å². The van der Waals surface area contributed by atoms with Gasteiger partial charge in [0.2, 0.25) is 0 Å². The lowest BCUT2D eigenvalue weighted by molar-refractivity contribution is -0.156. The van der Waals surface area contributed by atoms with Gasteiger partial charge in [-0.05, 0) is 70.5 Å². The van der Waals surface area contributed by atoms with Gasteiger partial charge in [0, 0.05) is 24.3 Å². The Balaban J connectivity index is 1.26. The molecule has 0 aliphatic heterocycles. The predicted octanol–water partition coefficient (Wildman–Crippen LogP) is 6.58. The van der Waals surface area contributed by atoms with Crippen LogP contribution >= 0.6 is 0 Å². The van der Waals surface area contributed by atoms with Gasteiger partial charge in [-0.3, -0.25) is 0 Å². The first-order chi connectivity index (χ1) is 28.7. The minimum absolute atomic E-state index is 0.0111. The molecule has 308 valence electrons. The van der Waals surface area contributed by atoms with E-state index in [1.165, 1.54) is 22.3 Å². The molecule has 2 aliphatic rings. The van der Waals surface area contributed by atoms with Gasteiger partial charge in [-0.25, -0.2) is 19.2 Å². The Kier molecular flexibility index (Phi) is 16.2. The molecule has 0 fully saturated rings. The van der Waals surface area contributed by atoms with Gasteiger partial charge in [0.25, 0.3) is 0 Å². The number of ether oxygens (including phenoxy) is 8. The molecule has 0 saturated carbocycles. The summed E-state index contributed by atoms with van der Waals surface area (Å²) in [6.45, 7) is 13.9. The van der Waals surface area contributed by atoms with Crippen LogP contribution < -0.4 is 9.47 Å². The van der Waals surface area contributed by atoms with Crippen LogP contribution in [0.5, 0.6) is 11.5 Å². The first kappa shape index (κ1) is 43.6. The summed E-state index contributed by atoms with van der Waals surface area (Å²) in [4.78, 5) is 46.4. The highest BCUT2D eigenvalue weighted by atomic mass is 16.6. The third-order valence-electron chi connectivity index (χ3n) is 9.41. The van der Waals surface area contributed by atoms with Crippen molar-refractivity contribution in [3.63, 3.8) is 0 Å². The van der Waals surface area contributed by atoms with Crippen molar-refractivity contribution in [2.75, 3.05) is 52.9 Å². The standard InChI is InChI=1S/C47H48O12/c1-5-43(48)56-31-37(58-45(50)7-3)29-52-25-27-54-35-21-17-33(18-22-35)47(41-15-11-9-13-39(41)40-14-10-12-16-42(40)47)34-19-23-36(24-20-34)55-28-26-53-30-38(59-46(51)8-4)32-57-44(49)6-2/h5-9,11,13-24,37-38H,1-4,10,12,25-32H2. The molecule has 0 N–H and O–H groups in total. The summed E-state index contributed by atoms with van der Waals surface area (Å²) in [5.74, 6) is -1.29. The number of fused-ring (bicyclic) bond motifs is 3. The zero-order valence-electron chi connectivity index (χ0n) is 32.8. The van der Waals surface area contributed by atoms with Crippen molar-refractivity contribution in [2.45, 2.75) is 30.5 Å². The highest BCUT2D eigenvalue weighted by Crippen LogP contribution is 2.58. The summed E-state index contributed by atoms with van der Waals surface area (Å²) in [5, 5.41) is 0. The lowest BCUT2D eigenvalue weighted by atomic mass is 9.67. The van der Waals surface area contributed by atoms with Crippen LogP contribution in [0.2, 0.25) is 0 Å². The molecule has 2 aliphatic carbocycles. The van der Waals surface area contributed by atoms with Crippen molar-refractivity contribution in [3.05, 3.63) is 163 Å². The molecule has 3 aromatic rings. The molecule has 5 rings (SSSR count). The van der Waals surface area contributed by atoms with Crippen molar-refractivity contribution in [1.29, 1.82) is 0 Å². The van der Waals surface area contributed by atoms with Crippen LogP contribution in [0.4, 0.5) is 0 Å². The van der Waals surface area contributed by atoms with E-state index in [0.717, 1.165) is 48.3 Å². The van der Waals surface area contributed by atoms with Gasteiger partial charge >= 0.3 is 23.9 Å². The van der Waals surface area contributed by atoms with E-state index in [0.29, 0.717) is 11.5 Å². The Morgan fingerprint density at radius 2 is 1.02 bits per heavy atom. The van der Waals surface area contributed by atoms with Crippen molar-refractivity contribution < 1.29 is 57.1 Å². The van der Waals surface area contributed by atoms with E-state index in [1.54, 1.807) is 0 Å². The molecule has 0 saturated heterocycles. The Morgan fingerprint density at radius 3 is 1.49 bits per heavy atom. The lowest BCUT2D eigenvalue weighted by Gasteiger charge is -2.35. The molecule has 2 atom stereocenters. The van der Waals surface area contributed by atoms with E-state index in [2.05, 4.69) is 87.0 Å². The third kappa shape index (κ3) is 11.3. The maximum absolute atomic E-state index is 11.7. The van der Waals surface area contributed by atoms with Gasteiger partial charge in [0.1, 0.15) is 37.9 Å². The summed E-state index contributed by atoms with van der Waals surface area (Å²) in [7, 11) is 0. The largest absolute Gasteiger partial charge is 0.491 e. The van der Waals surface area contributed by atoms with E-state index in [-0.39, 0.29) is 52.9 Å². The van der Waals surface area contributed by atoms with E-state index in [4.69, 9.17) is 37.9 Å². The van der Waals surface area contributed by atoms with Crippen LogP contribution in [0.25, 0.3) is 5.57 Å². The number of benzene rings is 3. The van der Waals surface area contributed by atoms with Crippen molar-refractivity contribution >= 4 is 29.5 Å². The number of hydrogen-bond acceptors (Lipinski definition) is 12. The first-order valence-electron chi connectivity index (χ1n) is 19.1. The number of rotatable bonds is 24. The zero-order chi connectivity index (χ0) is 42.0. The number of hydrogen-bond donors (Lipinski definition) is 0. The molecular weight excluding hydrogens is 757 g/mol. The van der Waals surface area contributed by atoms with Crippen LogP contribution in [-0.4, -0.2) is 88.9 Å². The normalized spacial score (nSPS) is 16.0. The summed E-state index contributed by atoms with van der Waals surface area (Å²) < 4.78 is 43.8. The second kappa shape index (κ2) is 21.9. The quantitative estimate of drug-likeness (QED) is 0.0418. The molecule has 0 bridgehead atoms. The molecular formula is C47H48O12. The Labute approximate surface area is 344 Å². The lowest BCUT2D eigenvalue weighted by Crippen LogP contribution is -2.29. The fraction of sp³-hybridized carbons (Fsp3) is 0.277. The highest BCUT2D eigenvalue weighted by Gasteiger charge is 2.48. The molecule has 12 nitrogen and oxygen atoms in total. The second-order valence-corrected chi connectivity index (χ2v) is 13.2. The molecule has 0 radical (unpaired) electrons. The number of esters is 4. The second-order valence-electron chi connectivity index (χ2n) is 13.2. The molecule has 3 aromatic carbocycles.